The molecule has 1 amide bonds. The summed E-state index contributed by atoms with van der Waals surface area (Å²) in [6.45, 7) is 3.17. The molecular formula is C10H16N4O2. The molecule has 1 aliphatic rings. The average Bonchev–Trinajstić information content (AvgIpc) is 2.88. The molecule has 2 rings (SSSR count). The van der Waals surface area contributed by atoms with Crippen molar-refractivity contribution in [2.24, 2.45) is 0 Å². The van der Waals surface area contributed by atoms with Gasteiger partial charge in [-0.05, 0) is 19.8 Å². The molecule has 1 aromatic rings. The lowest BCUT2D eigenvalue weighted by molar-refractivity contribution is 0.0578. The third-order valence-electron chi connectivity index (χ3n) is 2.64. The fourth-order valence-corrected chi connectivity index (χ4v) is 1.79. The Morgan fingerprint density at radius 1 is 1.69 bits per heavy atom. The Kier molecular flexibility index (Phi) is 3.19. The molecule has 1 aromatic heterocycles. The molecule has 1 atom stereocenters. The highest BCUT2D eigenvalue weighted by molar-refractivity contribution is 5.90. The summed E-state index contributed by atoms with van der Waals surface area (Å²) in [6, 6.07) is 0. The lowest BCUT2D eigenvalue weighted by Gasteiger charge is -2.19. The maximum absolute atomic E-state index is 11.9. The number of nitrogens with zero attached hydrogens (tertiary/aromatic N) is 3. The van der Waals surface area contributed by atoms with Gasteiger partial charge >= 0.3 is 0 Å². The van der Waals surface area contributed by atoms with Crippen LogP contribution in [-0.4, -0.2) is 52.3 Å². The SMILES string of the molecule is Cc1nc(C(=O)N(C)CC2CCCO2)n[nH]1. The van der Waals surface area contributed by atoms with Gasteiger partial charge in [0.15, 0.2) is 0 Å². The Labute approximate surface area is 94.0 Å². The molecule has 6 heteroatoms. The van der Waals surface area contributed by atoms with E-state index in [1.807, 2.05) is 0 Å². The summed E-state index contributed by atoms with van der Waals surface area (Å²) in [5.41, 5.74) is 0. The molecule has 0 aromatic carbocycles. The normalized spacial score (nSPS) is 20.0. The molecule has 0 spiro atoms. The van der Waals surface area contributed by atoms with Crippen LogP contribution in [0.5, 0.6) is 0 Å². The van der Waals surface area contributed by atoms with E-state index in [4.69, 9.17) is 4.74 Å². The van der Waals surface area contributed by atoms with Crippen molar-refractivity contribution in [1.29, 1.82) is 0 Å². The second-order valence-electron chi connectivity index (χ2n) is 4.07. The van der Waals surface area contributed by atoms with Crippen molar-refractivity contribution in [2.75, 3.05) is 20.2 Å². The number of nitrogens with one attached hydrogen (secondary N) is 1. The number of carbonyl (C=O) groups excluding carboxylic acids is 1. The van der Waals surface area contributed by atoms with Crippen molar-refractivity contribution in [2.45, 2.75) is 25.9 Å². The molecule has 16 heavy (non-hydrogen) atoms. The quantitative estimate of drug-likeness (QED) is 0.805. The van der Waals surface area contributed by atoms with Crippen LogP contribution in [0.1, 0.15) is 29.3 Å². The number of likely N-dealkylation sites (N-methyl/N-ethyl adjacent to an activating group) is 1. The number of rotatable bonds is 3. The zero-order valence-corrected chi connectivity index (χ0v) is 9.56. The first kappa shape index (κ1) is 11.1. The van der Waals surface area contributed by atoms with Crippen LogP contribution in [-0.2, 0) is 4.74 Å². The summed E-state index contributed by atoms with van der Waals surface area (Å²) in [4.78, 5) is 17.5. The molecule has 1 fully saturated rings. The molecule has 1 unspecified atom stereocenters. The highest BCUT2D eigenvalue weighted by Gasteiger charge is 2.22. The van der Waals surface area contributed by atoms with Gasteiger partial charge in [-0.25, -0.2) is 4.98 Å². The van der Waals surface area contributed by atoms with E-state index < -0.39 is 0 Å². The van der Waals surface area contributed by atoms with E-state index in [9.17, 15) is 4.79 Å². The second kappa shape index (κ2) is 4.61. The molecule has 0 saturated carbocycles. The Hall–Kier alpha value is -1.43. The number of H-pyrrole nitrogens is 1. The van der Waals surface area contributed by atoms with E-state index in [0.717, 1.165) is 19.4 Å². The first-order chi connectivity index (χ1) is 7.66. The standard InChI is InChI=1S/C10H16N4O2/c1-7-11-9(13-12-7)10(15)14(2)6-8-4-3-5-16-8/h8H,3-6H2,1-2H3,(H,11,12,13). The Morgan fingerprint density at radius 2 is 2.50 bits per heavy atom. The molecule has 0 radical (unpaired) electrons. The second-order valence-corrected chi connectivity index (χ2v) is 4.07. The molecule has 0 aliphatic carbocycles. The predicted octanol–water partition coefficient (Wildman–Crippen LogP) is 0.364. The van der Waals surface area contributed by atoms with Crippen LogP contribution in [0.2, 0.25) is 0 Å². The number of carbonyl (C=O) groups is 1. The Bertz CT molecular complexity index is 371. The minimum Gasteiger partial charge on any atom is -0.376 e. The Morgan fingerprint density at radius 3 is 3.06 bits per heavy atom. The van der Waals surface area contributed by atoms with Gasteiger partial charge in [0.25, 0.3) is 5.91 Å². The maximum atomic E-state index is 11.9. The minimum atomic E-state index is -0.167. The topological polar surface area (TPSA) is 71.1 Å². The molecule has 1 N–H and O–H groups in total. The molecule has 1 aliphatic heterocycles. The van der Waals surface area contributed by atoms with Gasteiger partial charge in [0.1, 0.15) is 5.82 Å². The lowest BCUT2D eigenvalue weighted by Crippen LogP contribution is -2.34. The van der Waals surface area contributed by atoms with Crippen LogP contribution in [0.4, 0.5) is 0 Å². The number of hydrogen-bond acceptors (Lipinski definition) is 4. The van der Waals surface area contributed by atoms with Crippen molar-refractivity contribution >= 4 is 5.91 Å². The van der Waals surface area contributed by atoms with E-state index in [2.05, 4.69) is 15.2 Å². The summed E-state index contributed by atoms with van der Waals surface area (Å²) >= 11 is 0. The van der Waals surface area contributed by atoms with Crippen LogP contribution >= 0.6 is 0 Å². The smallest absolute Gasteiger partial charge is 0.293 e. The van der Waals surface area contributed by atoms with E-state index >= 15 is 0 Å². The van der Waals surface area contributed by atoms with Gasteiger partial charge in [0, 0.05) is 20.2 Å². The van der Waals surface area contributed by atoms with Gasteiger partial charge in [0.2, 0.25) is 5.82 Å². The van der Waals surface area contributed by atoms with Crippen molar-refractivity contribution in [3.63, 3.8) is 0 Å². The van der Waals surface area contributed by atoms with Crippen LogP contribution in [0.25, 0.3) is 0 Å². The van der Waals surface area contributed by atoms with Crippen LogP contribution in [0.3, 0.4) is 0 Å². The summed E-state index contributed by atoms with van der Waals surface area (Å²) in [5.74, 6) is 0.701. The van der Waals surface area contributed by atoms with E-state index in [0.29, 0.717) is 12.4 Å². The van der Waals surface area contributed by atoms with Crippen molar-refractivity contribution in [1.82, 2.24) is 20.1 Å². The van der Waals surface area contributed by atoms with Crippen LogP contribution < -0.4 is 0 Å². The number of aromatic amines is 1. The lowest BCUT2D eigenvalue weighted by atomic mass is 10.2. The minimum absolute atomic E-state index is 0.161. The molecule has 88 valence electrons. The summed E-state index contributed by atoms with van der Waals surface area (Å²) < 4.78 is 5.47. The van der Waals surface area contributed by atoms with Crippen molar-refractivity contribution in [3.05, 3.63) is 11.6 Å². The molecule has 1 saturated heterocycles. The first-order valence-electron chi connectivity index (χ1n) is 5.43. The number of amides is 1. The average molecular weight is 224 g/mol. The van der Waals surface area contributed by atoms with Gasteiger partial charge in [-0.15, -0.1) is 5.10 Å². The number of hydrogen-bond donors (Lipinski definition) is 1. The first-order valence-corrected chi connectivity index (χ1v) is 5.43. The maximum Gasteiger partial charge on any atom is 0.293 e. The van der Waals surface area contributed by atoms with Gasteiger partial charge in [-0.3, -0.25) is 9.89 Å². The zero-order chi connectivity index (χ0) is 11.5. The Balaban J connectivity index is 1.93. The summed E-state index contributed by atoms with van der Waals surface area (Å²) in [6.07, 6.45) is 2.26. The van der Waals surface area contributed by atoms with E-state index in [-0.39, 0.29) is 17.8 Å². The summed E-state index contributed by atoms with van der Waals surface area (Å²) in [5, 5.41) is 6.50. The van der Waals surface area contributed by atoms with Crippen LogP contribution in [0, 0.1) is 6.92 Å². The highest BCUT2D eigenvalue weighted by atomic mass is 16.5. The van der Waals surface area contributed by atoms with E-state index in [1.54, 1.807) is 18.9 Å². The van der Waals surface area contributed by atoms with Gasteiger partial charge < -0.3 is 9.64 Å². The highest BCUT2D eigenvalue weighted by Crippen LogP contribution is 2.13. The van der Waals surface area contributed by atoms with Crippen LogP contribution in [0.15, 0.2) is 0 Å². The molecule has 6 nitrogen and oxygen atoms in total. The van der Waals surface area contributed by atoms with Gasteiger partial charge in [-0.2, -0.15) is 0 Å². The number of ether oxygens (including phenoxy) is 1. The van der Waals surface area contributed by atoms with Gasteiger partial charge in [0.05, 0.1) is 6.10 Å². The number of aromatic nitrogens is 3. The molecule has 2 heterocycles. The monoisotopic (exact) mass is 224 g/mol. The summed E-state index contributed by atoms with van der Waals surface area (Å²) in [7, 11) is 1.75. The largest absolute Gasteiger partial charge is 0.376 e. The van der Waals surface area contributed by atoms with Crippen molar-refractivity contribution in [3.8, 4) is 0 Å². The van der Waals surface area contributed by atoms with Crippen molar-refractivity contribution < 1.29 is 9.53 Å². The molecular weight excluding hydrogens is 208 g/mol. The van der Waals surface area contributed by atoms with E-state index in [1.165, 1.54) is 0 Å². The fourth-order valence-electron chi connectivity index (χ4n) is 1.79. The fraction of sp³-hybridized carbons (Fsp3) is 0.700. The number of aryl methyl sites for hydroxylation is 1. The zero-order valence-electron chi connectivity index (χ0n) is 9.56. The molecule has 0 bridgehead atoms. The predicted molar refractivity (Wildman–Crippen MR) is 57.1 cm³/mol. The van der Waals surface area contributed by atoms with Gasteiger partial charge in [-0.1, -0.05) is 0 Å². The third kappa shape index (κ3) is 2.38. The third-order valence-corrected chi connectivity index (χ3v) is 2.64.